The number of anilines is 1. The molecule has 0 bridgehead atoms. The largest absolute Gasteiger partial charge is 0.497 e. The summed E-state index contributed by atoms with van der Waals surface area (Å²) in [4.78, 5) is 31.0. The summed E-state index contributed by atoms with van der Waals surface area (Å²) in [5, 5.41) is 5.34. The first kappa shape index (κ1) is 21.6. The Morgan fingerprint density at radius 2 is 1.93 bits per heavy atom. The molecule has 1 aliphatic rings. The van der Waals surface area contributed by atoms with E-state index in [0.717, 1.165) is 32.5 Å². The molecule has 30 heavy (non-hydrogen) atoms. The average Bonchev–Trinajstić information content (AvgIpc) is 2.79. The van der Waals surface area contributed by atoms with E-state index in [1.54, 1.807) is 31.5 Å². The van der Waals surface area contributed by atoms with Gasteiger partial charge in [0.05, 0.1) is 19.9 Å². The number of rotatable bonds is 7. The molecule has 0 aliphatic carbocycles. The predicted octanol–water partition coefficient (Wildman–Crippen LogP) is 2.07. The molecule has 0 saturated carbocycles. The number of nitrogens with zero attached hydrogens (tertiary/aromatic N) is 2. The van der Waals surface area contributed by atoms with Gasteiger partial charge in [-0.2, -0.15) is 0 Å². The number of pyridine rings is 1. The first-order chi connectivity index (χ1) is 14.6. The summed E-state index contributed by atoms with van der Waals surface area (Å²) in [7, 11) is 3.04. The van der Waals surface area contributed by atoms with Crippen LogP contribution >= 0.6 is 0 Å². The summed E-state index contributed by atoms with van der Waals surface area (Å²) in [5.41, 5.74) is 1.62. The lowest BCUT2D eigenvalue weighted by atomic mass is 9.96. The van der Waals surface area contributed by atoms with Crippen molar-refractivity contribution in [3.8, 4) is 11.5 Å². The van der Waals surface area contributed by atoms with Crippen molar-refractivity contribution in [2.24, 2.45) is 5.92 Å². The number of hydrogen-bond acceptors (Lipinski definition) is 6. The molecule has 8 nitrogen and oxygen atoms in total. The molecular formula is C22H28N4O4. The second-order valence-corrected chi connectivity index (χ2v) is 7.31. The van der Waals surface area contributed by atoms with Crippen LogP contribution in [0.5, 0.6) is 11.5 Å². The van der Waals surface area contributed by atoms with Crippen LogP contribution < -0.4 is 20.1 Å². The second-order valence-electron chi connectivity index (χ2n) is 7.31. The Hall–Kier alpha value is -3.13. The van der Waals surface area contributed by atoms with Crippen LogP contribution in [0.15, 0.2) is 42.7 Å². The third kappa shape index (κ3) is 5.93. The summed E-state index contributed by atoms with van der Waals surface area (Å²) >= 11 is 0. The lowest BCUT2D eigenvalue weighted by Crippen LogP contribution is -2.41. The van der Waals surface area contributed by atoms with Crippen molar-refractivity contribution in [1.82, 2.24) is 15.2 Å². The van der Waals surface area contributed by atoms with Gasteiger partial charge in [0, 0.05) is 31.5 Å². The highest BCUT2D eigenvalue weighted by molar-refractivity contribution is 6.39. The van der Waals surface area contributed by atoms with Crippen molar-refractivity contribution < 1.29 is 19.1 Å². The Morgan fingerprint density at radius 3 is 2.60 bits per heavy atom. The van der Waals surface area contributed by atoms with Crippen LogP contribution in [0.3, 0.4) is 0 Å². The first-order valence-corrected chi connectivity index (χ1v) is 10.0. The summed E-state index contributed by atoms with van der Waals surface area (Å²) in [6.07, 6.45) is 5.63. The van der Waals surface area contributed by atoms with Gasteiger partial charge in [-0.25, -0.2) is 0 Å². The van der Waals surface area contributed by atoms with Crippen LogP contribution in [0.2, 0.25) is 0 Å². The number of likely N-dealkylation sites (tertiary alicyclic amines) is 1. The summed E-state index contributed by atoms with van der Waals surface area (Å²) < 4.78 is 10.4. The first-order valence-electron chi connectivity index (χ1n) is 10.0. The van der Waals surface area contributed by atoms with E-state index in [0.29, 0.717) is 29.6 Å². The lowest BCUT2D eigenvalue weighted by molar-refractivity contribution is -0.136. The van der Waals surface area contributed by atoms with Crippen LogP contribution in [0.4, 0.5) is 5.69 Å². The van der Waals surface area contributed by atoms with Crippen molar-refractivity contribution in [3.05, 3.63) is 48.3 Å². The predicted molar refractivity (Wildman–Crippen MR) is 113 cm³/mol. The Bertz CT molecular complexity index is 851. The van der Waals surface area contributed by atoms with Crippen LogP contribution in [0.25, 0.3) is 0 Å². The molecule has 1 fully saturated rings. The summed E-state index contributed by atoms with van der Waals surface area (Å²) in [6, 6.07) is 9.00. The molecule has 1 saturated heterocycles. The molecule has 2 amide bonds. The fraction of sp³-hybridized carbons (Fsp3) is 0.409. The van der Waals surface area contributed by atoms with Gasteiger partial charge < -0.3 is 20.1 Å². The van der Waals surface area contributed by atoms with Gasteiger partial charge in [0.2, 0.25) is 0 Å². The normalized spacial score (nSPS) is 14.7. The molecule has 2 N–H and O–H groups in total. The van der Waals surface area contributed by atoms with Crippen molar-refractivity contribution in [1.29, 1.82) is 0 Å². The number of amides is 2. The number of carbonyl (C=O) groups is 2. The molecule has 0 radical (unpaired) electrons. The Balaban J connectivity index is 1.42. The van der Waals surface area contributed by atoms with Crippen LogP contribution in [-0.2, 0) is 16.1 Å². The van der Waals surface area contributed by atoms with E-state index in [4.69, 9.17) is 9.47 Å². The minimum atomic E-state index is -0.715. The van der Waals surface area contributed by atoms with Gasteiger partial charge in [-0.15, -0.1) is 0 Å². The number of hydrogen-bond donors (Lipinski definition) is 2. The lowest BCUT2D eigenvalue weighted by Gasteiger charge is -2.31. The third-order valence-corrected chi connectivity index (χ3v) is 5.25. The number of aromatic nitrogens is 1. The van der Waals surface area contributed by atoms with Gasteiger partial charge in [0.15, 0.2) is 0 Å². The molecule has 3 rings (SSSR count). The maximum Gasteiger partial charge on any atom is 0.313 e. The molecule has 1 aromatic heterocycles. The zero-order valence-corrected chi connectivity index (χ0v) is 17.4. The standard InChI is InChI=1S/C22H28N4O4/c1-29-18-5-6-19(20(12-18)30-2)25-22(28)21(27)24-14-16-7-10-26(11-8-16)15-17-4-3-9-23-13-17/h3-6,9,12-13,16H,7-8,10-11,14-15H2,1-2H3,(H,24,27)(H,25,28). The van der Waals surface area contributed by atoms with Gasteiger partial charge in [0.1, 0.15) is 11.5 Å². The van der Waals surface area contributed by atoms with E-state index >= 15 is 0 Å². The quantitative estimate of drug-likeness (QED) is 0.677. The van der Waals surface area contributed by atoms with Crippen molar-refractivity contribution >= 4 is 17.5 Å². The van der Waals surface area contributed by atoms with E-state index in [2.05, 4.69) is 26.6 Å². The number of methoxy groups -OCH3 is 2. The highest BCUT2D eigenvalue weighted by atomic mass is 16.5. The average molecular weight is 412 g/mol. The molecule has 160 valence electrons. The molecule has 1 aliphatic heterocycles. The Kier molecular flexibility index (Phi) is 7.62. The zero-order valence-electron chi connectivity index (χ0n) is 17.4. The maximum atomic E-state index is 12.2. The smallest absolute Gasteiger partial charge is 0.313 e. The van der Waals surface area contributed by atoms with Crippen molar-refractivity contribution in [2.45, 2.75) is 19.4 Å². The number of carbonyl (C=O) groups excluding carboxylic acids is 2. The van der Waals surface area contributed by atoms with E-state index in [-0.39, 0.29) is 0 Å². The van der Waals surface area contributed by atoms with Crippen molar-refractivity contribution in [2.75, 3.05) is 39.2 Å². The number of benzene rings is 1. The maximum absolute atomic E-state index is 12.2. The summed E-state index contributed by atoms with van der Waals surface area (Å²) in [5.74, 6) is 0.0289. The highest BCUT2D eigenvalue weighted by Crippen LogP contribution is 2.28. The number of nitrogens with one attached hydrogen (secondary N) is 2. The topological polar surface area (TPSA) is 92.8 Å². The fourth-order valence-corrected chi connectivity index (χ4v) is 3.50. The number of ether oxygens (including phenoxy) is 2. The van der Waals surface area contributed by atoms with Gasteiger partial charge >= 0.3 is 11.8 Å². The molecule has 0 unspecified atom stereocenters. The molecule has 1 aromatic carbocycles. The van der Waals surface area contributed by atoms with Gasteiger partial charge in [-0.3, -0.25) is 19.5 Å². The van der Waals surface area contributed by atoms with Crippen molar-refractivity contribution in [3.63, 3.8) is 0 Å². The van der Waals surface area contributed by atoms with Crippen LogP contribution in [0, 0.1) is 5.92 Å². The van der Waals surface area contributed by atoms with Gasteiger partial charge in [-0.05, 0) is 55.6 Å². The second kappa shape index (κ2) is 10.6. The van der Waals surface area contributed by atoms with E-state index in [1.807, 2.05) is 12.3 Å². The molecule has 8 heteroatoms. The Morgan fingerprint density at radius 1 is 1.13 bits per heavy atom. The van der Waals surface area contributed by atoms with Gasteiger partial charge in [0.25, 0.3) is 0 Å². The van der Waals surface area contributed by atoms with E-state index in [9.17, 15) is 9.59 Å². The minimum Gasteiger partial charge on any atom is -0.497 e. The monoisotopic (exact) mass is 412 g/mol. The van der Waals surface area contributed by atoms with Crippen LogP contribution in [0.1, 0.15) is 18.4 Å². The third-order valence-electron chi connectivity index (χ3n) is 5.25. The molecule has 0 spiro atoms. The van der Waals surface area contributed by atoms with E-state index in [1.165, 1.54) is 12.7 Å². The Labute approximate surface area is 176 Å². The van der Waals surface area contributed by atoms with E-state index < -0.39 is 11.8 Å². The molecule has 2 aromatic rings. The van der Waals surface area contributed by atoms with Gasteiger partial charge in [-0.1, -0.05) is 6.07 Å². The molecular weight excluding hydrogens is 384 g/mol. The molecule has 0 atom stereocenters. The van der Waals surface area contributed by atoms with Crippen LogP contribution in [-0.4, -0.2) is 55.6 Å². The zero-order chi connectivity index (χ0) is 21.3. The SMILES string of the molecule is COc1ccc(NC(=O)C(=O)NCC2CCN(Cc3cccnc3)CC2)c(OC)c1. The summed E-state index contributed by atoms with van der Waals surface area (Å²) in [6.45, 7) is 3.31. The fourth-order valence-electron chi connectivity index (χ4n) is 3.50. The number of piperidine rings is 1. The highest BCUT2D eigenvalue weighted by Gasteiger charge is 2.22. The molecule has 2 heterocycles. The minimum absolute atomic E-state index is 0.363.